The first-order chi connectivity index (χ1) is 9.49. The second-order valence-electron chi connectivity index (χ2n) is 5.53. The number of hydrogen-bond donors (Lipinski definition) is 1. The highest BCUT2D eigenvalue weighted by molar-refractivity contribution is 5.88. The van der Waals surface area contributed by atoms with E-state index < -0.39 is 11.9 Å². The van der Waals surface area contributed by atoms with E-state index in [4.69, 9.17) is 5.73 Å². The topological polar surface area (TPSA) is 86.9 Å². The fourth-order valence-corrected chi connectivity index (χ4v) is 2.75. The highest BCUT2D eigenvalue weighted by Gasteiger charge is 2.32. The summed E-state index contributed by atoms with van der Waals surface area (Å²) in [5.41, 5.74) is 5.36. The fraction of sp³-hybridized carbons (Fsp3) is 0.769. The van der Waals surface area contributed by atoms with Crippen LogP contribution in [-0.4, -0.2) is 78.2 Å². The molecule has 2 aliphatic rings. The van der Waals surface area contributed by atoms with E-state index in [2.05, 4.69) is 0 Å². The Bertz CT molecular complexity index is 412. The second-order valence-corrected chi connectivity index (χ2v) is 5.53. The van der Waals surface area contributed by atoms with Gasteiger partial charge in [-0.15, -0.1) is 0 Å². The van der Waals surface area contributed by atoms with Crippen LogP contribution in [0.3, 0.4) is 0 Å². The third kappa shape index (κ3) is 3.27. The van der Waals surface area contributed by atoms with Gasteiger partial charge in [0.25, 0.3) is 0 Å². The van der Waals surface area contributed by atoms with E-state index in [0.717, 1.165) is 12.8 Å². The summed E-state index contributed by atoms with van der Waals surface area (Å²) in [4.78, 5) is 40.4. The standard InChI is InChI=1S/C13H22N4O3/c1-15-6-7-16(8-11(15)18)9-12(19)17-5-3-2-4-10(17)13(14)20/h10H,2-9H2,1H3,(H2,14,20). The summed E-state index contributed by atoms with van der Waals surface area (Å²) in [5.74, 6) is -0.521. The summed E-state index contributed by atoms with van der Waals surface area (Å²) in [7, 11) is 1.76. The fourth-order valence-electron chi connectivity index (χ4n) is 2.75. The molecule has 0 aliphatic carbocycles. The molecule has 1 unspecified atom stereocenters. The number of carbonyl (C=O) groups excluding carboxylic acids is 3. The Kier molecular flexibility index (Phi) is 4.59. The zero-order valence-corrected chi connectivity index (χ0v) is 11.9. The van der Waals surface area contributed by atoms with Crippen LogP contribution in [0.2, 0.25) is 0 Å². The zero-order chi connectivity index (χ0) is 14.7. The number of likely N-dealkylation sites (N-methyl/N-ethyl adjacent to an activating group) is 1. The summed E-state index contributed by atoms with van der Waals surface area (Å²) >= 11 is 0. The van der Waals surface area contributed by atoms with Gasteiger partial charge in [0.1, 0.15) is 6.04 Å². The molecule has 0 spiro atoms. The molecule has 0 radical (unpaired) electrons. The van der Waals surface area contributed by atoms with Gasteiger partial charge < -0.3 is 15.5 Å². The van der Waals surface area contributed by atoms with Crippen LogP contribution in [0.25, 0.3) is 0 Å². The summed E-state index contributed by atoms with van der Waals surface area (Å²) in [6.07, 6.45) is 2.46. The van der Waals surface area contributed by atoms with Crippen LogP contribution in [0.4, 0.5) is 0 Å². The van der Waals surface area contributed by atoms with Crippen molar-refractivity contribution in [3.63, 3.8) is 0 Å². The Labute approximate surface area is 118 Å². The SMILES string of the molecule is CN1CCN(CC(=O)N2CCCCC2C(N)=O)CC1=O. The third-order valence-corrected chi connectivity index (χ3v) is 4.05. The number of carbonyl (C=O) groups is 3. The lowest BCUT2D eigenvalue weighted by atomic mass is 10.0. The first-order valence-electron chi connectivity index (χ1n) is 7.04. The van der Waals surface area contributed by atoms with Crippen molar-refractivity contribution in [1.82, 2.24) is 14.7 Å². The molecule has 2 fully saturated rings. The highest BCUT2D eigenvalue weighted by atomic mass is 16.2. The number of rotatable bonds is 3. The molecule has 20 heavy (non-hydrogen) atoms. The lowest BCUT2D eigenvalue weighted by Crippen LogP contribution is -2.55. The van der Waals surface area contributed by atoms with E-state index in [-0.39, 0.29) is 24.9 Å². The van der Waals surface area contributed by atoms with Crippen LogP contribution >= 0.6 is 0 Å². The minimum Gasteiger partial charge on any atom is -0.368 e. The molecule has 0 aromatic heterocycles. The van der Waals surface area contributed by atoms with Crippen molar-refractivity contribution in [3.8, 4) is 0 Å². The van der Waals surface area contributed by atoms with Gasteiger partial charge in [0, 0.05) is 26.7 Å². The Morgan fingerprint density at radius 3 is 2.65 bits per heavy atom. The van der Waals surface area contributed by atoms with Crippen molar-refractivity contribution in [2.75, 3.05) is 39.8 Å². The van der Waals surface area contributed by atoms with E-state index in [1.807, 2.05) is 4.90 Å². The molecule has 7 nitrogen and oxygen atoms in total. The van der Waals surface area contributed by atoms with E-state index in [1.165, 1.54) is 0 Å². The van der Waals surface area contributed by atoms with Gasteiger partial charge in [-0.1, -0.05) is 0 Å². The van der Waals surface area contributed by atoms with Gasteiger partial charge in [-0.2, -0.15) is 0 Å². The van der Waals surface area contributed by atoms with Gasteiger partial charge in [-0.05, 0) is 19.3 Å². The van der Waals surface area contributed by atoms with Crippen LogP contribution < -0.4 is 5.73 Å². The molecule has 112 valence electrons. The van der Waals surface area contributed by atoms with E-state index in [0.29, 0.717) is 26.1 Å². The van der Waals surface area contributed by atoms with E-state index in [1.54, 1.807) is 16.8 Å². The van der Waals surface area contributed by atoms with Gasteiger partial charge in [0.15, 0.2) is 0 Å². The minimum absolute atomic E-state index is 0.0224. The number of nitrogens with zero attached hydrogens (tertiary/aromatic N) is 3. The summed E-state index contributed by atoms with van der Waals surface area (Å²) in [5, 5.41) is 0. The molecule has 0 bridgehead atoms. The Hall–Kier alpha value is -1.63. The molecule has 2 saturated heterocycles. The van der Waals surface area contributed by atoms with Crippen molar-refractivity contribution < 1.29 is 14.4 Å². The molecular weight excluding hydrogens is 260 g/mol. The molecular formula is C13H22N4O3. The van der Waals surface area contributed by atoms with Gasteiger partial charge in [-0.25, -0.2) is 0 Å². The molecule has 7 heteroatoms. The predicted octanol–water partition coefficient (Wildman–Crippen LogP) is -1.37. The van der Waals surface area contributed by atoms with E-state index in [9.17, 15) is 14.4 Å². The van der Waals surface area contributed by atoms with Gasteiger partial charge in [0.2, 0.25) is 17.7 Å². The quantitative estimate of drug-likeness (QED) is 0.691. The molecule has 3 amide bonds. The predicted molar refractivity (Wildman–Crippen MR) is 72.6 cm³/mol. The second kappa shape index (κ2) is 6.21. The summed E-state index contributed by atoms with van der Waals surface area (Å²) < 4.78 is 0. The zero-order valence-electron chi connectivity index (χ0n) is 11.9. The Balaban J connectivity index is 1.93. The summed E-state index contributed by atoms with van der Waals surface area (Å²) in [6, 6.07) is -0.487. The maximum absolute atomic E-state index is 12.3. The first-order valence-corrected chi connectivity index (χ1v) is 7.04. The minimum atomic E-state index is -0.487. The van der Waals surface area contributed by atoms with Crippen LogP contribution in [0, 0.1) is 0 Å². The van der Waals surface area contributed by atoms with Crippen molar-refractivity contribution in [2.45, 2.75) is 25.3 Å². The van der Waals surface area contributed by atoms with Crippen molar-refractivity contribution in [2.24, 2.45) is 5.73 Å². The highest BCUT2D eigenvalue weighted by Crippen LogP contribution is 2.17. The van der Waals surface area contributed by atoms with Crippen molar-refractivity contribution in [3.05, 3.63) is 0 Å². The Morgan fingerprint density at radius 1 is 1.25 bits per heavy atom. The van der Waals surface area contributed by atoms with E-state index >= 15 is 0 Å². The number of nitrogens with two attached hydrogens (primary N) is 1. The summed E-state index contributed by atoms with van der Waals surface area (Å²) in [6.45, 7) is 2.34. The third-order valence-electron chi connectivity index (χ3n) is 4.05. The van der Waals surface area contributed by atoms with Crippen LogP contribution in [0.15, 0.2) is 0 Å². The number of piperidine rings is 1. The van der Waals surface area contributed by atoms with Gasteiger partial charge in [0.05, 0.1) is 13.1 Å². The number of primary amides is 1. The average Bonchev–Trinajstić information content (AvgIpc) is 2.43. The average molecular weight is 282 g/mol. The lowest BCUT2D eigenvalue weighted by molar-refractivity contribution is -0.144. The normalized spacial score (nSPS) is 24.9. The molecule has 2 heterocycles. The van der Waals surface area contributed by atoms with Crippen molar-refractivity contribution in [1.29, 1.82) is 0 Å². The largest absolute Gasteiger partial charge is 0.368 e. The van der Waals surface area contributed by atoms with Crippen molar-refractivity contribution >= 4 is 17.7 Å². The molecule has 1 atom stereocenters. The Morgan fingerprint density at radius 2 is 2.00 bits per heavy atom. The molecule has 0 aromatic carbocycles. The molecule has 2 rings (SSSR count). The van der Waals surface area contributed by atoms with Crippen LogP contribution in [0.1, 0.15) is 19.3 Å². The monoisotopic (exact) mass is 282 g/mol. The molecule has 0 aromatic rings. The van der Waals surface area contributed by atoms with Crippen LogP contribution in [0.5, 0.6) is 0 Å². The maximum Gasteiger partial charge on any atom is 0.240 e. The first kappa shape index (κ1) is 14.8. The number of likely N-dealkylation sites (tertiary alicyclic amines) is 1. The lowest BCUT2D eigenvalue weighted by Gasteiger charge is -2.37. The van der Waals surface area contributed by atoms with Crippen LogP contribution in [-0.2, 0) is 14.4 Å². The number of amides is 3. The van der Waals surface area contributed by atoms with Gasteiger partial charge in [-0.3, -0.25) is 19.3 Å². The maximum atomic E-state index is 12.3. The number of hydrogen-bond acceptors (Lipinski definition) is 4. The molecule has 2 N–H and O–H groups in total. The number of piperazine rings is 1. The van der Waals surface area contributed by atoms with Gasteiger partial charge >= 0.3 is 0 Å². The smallest absolute Gasteiger partial charge is 0.240 e. The molecule has 2 aliphatic heterocycles. The molecule has 0 saturated carbocycles.